The number of hydrogen-bond acceptors (Lipinski definition) is 3. The molecule has 98 valence electrons. The normalized spacial score (nSPS) is 32.4. The SMILES string of the molecule is NCC1(C(=O)N[C@H]2CCCC[C@@H]2O)CCCC1. The number of aliphatic hydroxyl groups is 1. The highest BCUT2D eigenvalue weighted by Crippen LogP contribution is 2.37. The molecule has 2 rings (SSSR count). The molecule has 4 nitrogen and oxygen atoms in total. The standard InChI is InChI=1S/C13H24N2O2/c14-9-13(7-3-4-8-13)12(17)15-10-5-1-2-6-11(10)16/h10-11,16H,1-9,14H2,(H,15,17)/t10-,11-/m0/s1. The Kier molecular flexibility index (Phi) is 4.05. The van der Waals surface area contributed by atoms with Gasteiger partial charge in [-0.15, -0.1) is 0 Å². The molecule has 0 heterocycles. The van der Waals surface area contributed by atoms with Gasteiger partial charge in [0.2, 0.25) is 5.91 Å². The van der Waals surface area contributed by atoms with E-state index in [1.165, 1.54) is 0 Å². The first-order chi connectivity index (χ1) is 8.18. The predicted octanol–water partition coefficient (Wildman–Crippen LogP) is 0.925. The van der Waals surface area contributed by atoms with Crippen molar-refractivity contribution < 1.29 is 9.90 Å². The van der Waals surface area contributed by atoms with Gasteiger partial charge in [-0.05, 0) is 25.7 Å². The number of nitrogens with one attached hydrogen (secondary N) is 1. The molecule has 0 radical (unpaired) electrons. The highest BCUT2D eigenvalue weighted by atomic mass is 16.3. The Hall–Kier alpha value is -0.610. The molecule has 2 aliphatic rings. The minimum atomic E-state index is -0.371. The minimum Gasteiger partial charge on any atom is -0.391 e. The van der Waals surface area contributed by atoms with E-state index in [0.717, 1.165) is 51.4 Å². The fraction of sp³-hybridized carbons (Fsp3) is 0.923. The fourth-order valence-corrected chi connectivity index (χ4v) is 3.18. The topological polar surface area (TPSA) is 75.4 Å². The molecule has 0 aliphatic heterocycles. The second-order valence-electron chi connectivity index (χ2n) is 5.62. The van der Waals surface area contributed by atoms with Crippen molar-refractivity contribution >= 4 is 5.91 Å². The lowest BCUT2D eigenvalue weighted by molar-refractivity contribution is -0.132. The van der Waals surface area contributed by atoms with Crippen LogP contribution >= 0.6 is 0 Å². The number of carbonyl (C=O) groups is 1. The molecule has 0 unspecified atom stereocenters. The maximum Gasteiger partial charge on any atom is 0.227 e. The van der Waals surface area contributed by atoms with E-state index in [0.29, 0.717) is 6.54 Å². The number of nitrogens with two attached hydrogens (primary N) is 1. The van der Waals surface area contributed by atoms with E-state index in [9.17, 15) is 9.90 Å². The number of hydrogen-bond donors (Lipinski definition) is 3. The Morgan fingerprint density at radius 1 is 1.24 bits per heavy atom. The van der Waals surface area contributed by atoms with Crippen molar-refractivity contribution in [2.24, 2.45) is 11.1 Å². The van der Waals surface area contributed by atoms with E-state index in [2.05, 4.69) is 5.32 Å². The van der Waals surface area contributed by atoms with Gasteiger partial charge in [0.1, 0.15) is 0 Å². The van der Waals surface area contributed by atoms with E-state index in [4.69, 9.17) is 5.73 Å². The molecule has 1 amide bonds. The number of carbonyl (C=O) groups excluding carboxylic acids is 1. The van der Waals surface area contributed by atoms with Crippen molar-refractivity contribution in [3.05, 3.63) is 0 Å². The highest BCUT2D eigenvalue weighted by molar-refractivity contribution is 5.83. The average Bonchev–Trinajstić information content (AvgIpc) is 2.82. The molecular formula is C13H24N2O2. The Morgan fingerprint density at radius 3 is 2.47 bits per heavy atom. The van der Waals surface area contributed by atoms with Gasteiger partial charge in [-0.1, -0.05) is 25.7 Å². The van der Waals surface area contributed by atoms with E-state index in [1.54, 1.807) is 0 Å². The molecule has 0 spiro atoms. The Morgan fingerprint density at radius 2 is 1.88 bits per heavy atom. The van der Waals surface area contributed by atoms with Crippen LogP contribution in [0.25, 0.3) is 0 Å². The van der Waals surface area contributed by atoms with Crippen LogP contribution in [-0.4, -0.2) is 29.7 Å². The molecule has 2 aliphatic carbocycles. The number of aliphatic hydroxyl groups excluding tert-OH is 1. The summed E-state index contributed by atoms with van der Waals surface area (Å²) < 4.78 is 0. The van der Waals surface area contributed by atoms with E-state index in [-0.39, 0.29) is 23.5 Å². The van der Waals surface area contributed by atoms with Gasteiger partial charge in [-0.3, -0.25) is 4.79 Å². The van der Waals surface area contributed by atoms with Crippen LogP contribution in [0.5, 0.6) is 0 Å². The quantitative estimate of drug-likeness (QED) is 0.687. The van der Waals surface area contributed by atoms with Crippen LogP contribution in [-0.2, 0) is 4.79 Å². The van der Waals surface area contributed by atoms with Crippen LogP contribution < -0.4 is 11.1 Å². The van der Waals surface area contributed by atoms with Crippen LogP contribution in [0, 0.1) is 5.41 Å². The van der Waals surface area contributed by atoms with Crippen molar-refractivity contribution in [2.45, 2.75) is 63.5 Å². The molecular weight excluding hydrogens is 216 g/mol. The van der Waals surface area contributed by atoms with E-state index in [1.807, 2.05) is 0 Å². The first-order valence-corrected chi connectivity index (χ1v) is 6.87. The van der Waals surface area contributed by atoms with Gasteiger partial charge in [0, 0.05) is 6.54 Å². The zero-order chi connectivity index (χ0) is 12.3. The van der Waals surface area contributed by atoms with Crippen molar-refractivity contribution in [3.63, 3.8) is 0 Å². The van der Waals surface area contributed by atoms with Gasteiger partial charge in [0.05, 0.1) is 17.6 Å². The van der Waals surface area contributed by atoms with E-state index < -0.39 is 0 Å². The molecule has 2 atom stereocenters. The average molecular weight is 240 g/mol. The Labute approximate surface area is 103 Å². The van der Waals surface area contributed by atoms with Crippen molar-refractivity contribution in [1.29, 1.82) is 0 Å². The zero-order valence-corrected chi connectivity index (χ0v) is 10.5. The molecule has 2 saturated carbocycles. The van der Waals surface area contributed by atoms with Gasteiger partial charge in [0.15, 0.2) is 0 Å². The minimum absolute atomic E-state index is 0.0553. The second kappa shape index (κ2) is 5.36. The lowest BCUT2D eigenvalue weighted by Gasteiger charge is -2.33. The lowest BCUT2D eigenvalue weighted by Crippen LogP contribution is -2.52. The molecule has 0 aromatic heterocycles. The van der Waals surface area contributed by atoms with Gasteiger partial charge in [0.25, 0.3) is 0 Å². The molecule has 0 saturated heterocycles. The summed E-state index contributed by atoms with van der Waals surface area (Å²) in [5, 5.41) is 12.9. The monoisotopic (exact) mass is 240 g/mol. The van der Waals surface area contributed by atoms with Gasteiger partial charge in [-0.2, -0.15) is 0 Å². The zero-order valence-electron chi connectivity index (χ0n) is 10.5. The molecule has 0 aromatic carbocycles. The molecule has 4 N–H and O–H groups in total. The summed E-state index contributed by atoms with van der Waals surface area (Å²) in [5.74, 6) is 0.0726. The summed E-state index contributed by atoms with van der Waals surface area (Å²) in [4.78, 5) is 12.3. The molecule has 0 aromatic rings. The maximum atomic E-state index is 12.3. The summed E-state index contributed by atoms with van der Waals surface area (Å²) in [6, 6.07) is -0.0553. The highest BCUT2D eigenvalue weighted by Gasteiger charge is 2.41. The van der Waals surface area contributed by atoms with Crippen LogP contribution in [0.4, 0.5) is 0 Å². The third kappa shape index (κ3) is 2.63. The smallest absolute Gasteiger partial charge is 0.227 e. The van der Waals surface area contributed by atoms with E-state index >= 15 is 0 Å². The number of rotatable bonds is 3. The van der Waals surface area contributed by atoms with Crippen LogP contribution in [0.3, 0.4) is 0 Å². The van der Waals surface area contributed by atoms with Gasteiger partial charge >= 0.3 is 0 Å². The molecule has 2 fully saturated rings. The first-order valence-electron chi connectivity index (χ1n) is 6.87. The van der Waals surface area contributed by atoms with Crippen LogP contribution in [0.2, 0.25) is 0 Å². The van der Waals surface area contributed by atoms with Crippen molar-refractivity contribution in [3.8, 4) is 0 Å². The summed E-state index contributed by atoms with van der Waals surface area (Å²) >= 11 is 0. The van der Waals surface area contributed by atoms with Crippen LogP contribution in [0.1, 0.15) is 51.4 Å². The lowest BCUT2D eigenvalue weighted by atomic mass is 9.84. The predicted molar refractivity (Wildman–Crippen MR) is 66.4 cm³/mol. The van der Waals surface area contributed by atoms with Crippen LogP contribution in [0.15, 0.2) is 0 Å². The van der Waals surface area contributed by atoms with Gasteiger partial charge in [-0.25, -0.2) is 0 Å². The molecule has 17 heavy (non-hydrogen) atoms. The van der Waals surface area contributed by atoms with Crippen molar-refractivity contribution in [2.75, 3.05) is 6.54 Å². The molecule has 0 bridgehead atoms. The van der Waals surface area contributed by atoms with Crippen molar-refractivity contribution in [1.82, 2.24) is 5.32 Å². The summed E-state index contributed by atoms with van der Waals surface area (Å²) in [6.07, 6.45) is 7.48. The maximum absolute atomic E-state index is 12.3. The Bertz CT molecular complexity index is 275. The third-order valence-corrected chi connectivity index (χ3v) is 4.48. The van der Waals surface area contributed by atoms with Gasteiger partial charge < -0.3 is 16.2 Å². The summed E-state index contributed by atoms with van der Waals surface area (Å²) in [6.45, 7) is 0.432. The summed E-state index contributed by atoms with van der Waals surface area (Å²) in [5.41, 5.74) is 5.44. The Balaban J connectivity index is 1.95. The summed E-state index contributed by atoms with van der Waals surface area (Å²) in [7, 11) is 0. The first kappa shape index (κ1) is 12.8. The fourth-order valence-electron chi connectivity index (χ4n) is 3.18. The number of amides is 1. The third-order valence-electron chi connectivity index (χ3n) is 4.48. The molecule has 4 heteroatoms. The second-order valence-corrected chi connectivity index (χ2v) is 5.62. The largest absolute Gasteiger partial charge is 0.391 e.